The van der Waals surface area contributed by atoms with E-state index in [1.54, 1.807) is 63.3 Å². The lowest BCUT2D eigenvalue weighted by atomic mass is 9.78. The highest BCUT2D eigenvalue weighted by molar-refractivity contribution is 6.19. The Hall–Kier alpha value is -6.37. The molecule has 3 aromatic carbocycles. The number of rotatable bonds is 9. The number of nitrogens with zero attached hydrogens (tertiary/aromatic N) is 5. The Morgan fingerprint density at radius 1 is 0.897 bits per heavy atom. The lowest BCUT2D eigenvalue weighted by molar-refractivity contribution is -0.164. The number of phenols is 1. The van der Waals surface area contributed by atoms with Gasteiger partial charge in [0.15, 0.2) is 11.4 Å². The monoisotopic (exact) mass is 1080 g/mol. The minimum Gasteiger partial charge on any atom is -0.505 e. The molecule has 5 aliphatic heterocycles. The van der Waals surface area contributed by atoms with Gasteiger partial charge in [-0.2, -0.15) is 0 Å². The fraction of sp³-hybridized carbons (Fsp3) is 0.567. The zero-order chi connectivity index (χ0) is 56.4. The van der Waals surface area contributed by atoms with Crippen LogP contribution < -0.4 is 30.4 Å². The van der Waals surface area contributed by atoms with Crippen LogP contribution in [-0.2, 0) is 33.3 Å². The van der Waals surface area contributed by atoms with Crippen molar-refractivity contribution in [1.29, 1.82) is 0 Å². The van der Waals surface area contributed by atoms with E-state index in [1.165, 1.54) is 32.4 Å². The van der Waals surface area contributed by atoms with Crippen LogP contribution in [0.5, 0.6) is 17.2 Å². The zero-order valence-corrected chi connectivity index (χ0v) is 47.4. The van der Waals surface area contributed by atoms with Gasteiger partial charge in [-0.1, -0.05) is 59.8 Å². The number of aromatic hydroxyl groups is 1. The molecule has 0 aromatic heterocycles. The Morgan fingerprint density at radius 2 is 1.58 bits per heavy atom. The minimum atomic E-state index is -1.88. The first kappa shape index (κ1) is 57.8. The number of ketones is 1. The number of hydrogen-bond acceptors (Lipinski definition) is 15. The van der Waals surface area contributed by atoms with E-state index in [9.17, 15) is 23.9 Å². The maximum Gasteiger partial charge on any atom is 0.315 e. The fourth-order valence-corrected chi connectivity index (χ4v) is 12.3. The molecule has 8 rings (SSSR count). The van der Waals surface area contributed by atoms with E-state index < -0.39 is 59.8 Å². The van der Waals surface area contributed by atoms with Gasteiger partial charge in [0.1, 0.15) is 40.9 Å². The molecule has 0 unspecified atom stereocenters. The predicted octanol–water partition coefficient (Wildman–Crippen LogP) is 7.98. The van der Waals surface area contributed by atoms with Crippen LogP contribution in [-0.4, -0.2) is 135 Å². The Labute approximate surface area is 457 Å². The molecule has 0 aliphatic carbocycles. The SMILES string of the molecule is COc1c(C)c2c3c4c5c(c(c(O)c14)NC(=O)/C(C)=C\C=C\[C@H](C)[C@H](OC)[C@@H](C)[C@@H](OC)[C@@H](C)[C@H](OC(=O)CC(=O)N1CCCN(c4ccc(F)cc4)CC1)[C@H](C)C/C=C/O[C@@](C)(O2)C3=O)=NC1(CCN(CC(C)C)CC1)N=5. The van der Waals surface area contributed by atoms with Crippen LogP contribution in [0.2, 0.25) is 0 Å². The molecule has 5 heterocycles. The highest BCUT2D eigenvalue weighted by Gasteiger charge is 2.50. The number of halogens is 1. The molecule has 4 bridgehead atoms. The van der Waals surface area contributed by atoms with Gasteiger partial charge in [-0.15, -0.1) is 0 Å². The van der Waals surface area contributed by atoms with Crippen molar-refractivity contribution in [2.75, 3.05) is 77.4 Å². The smallest absolute Gasteiger partial charge is 0.315 e. The van der Waals surface area contributed by atoms with E-state index in [-0.39, 0.29) is 74.1 Å². The number of anilines is 2. The third-order valence-corrected chi connectivity index (χ3v) is 16.4. The number of esters is 1. The number of carbonyl (C=O) groups excluding carboxylic acids is 4. The minimum absolute atomic E-state index is 0.0596. The number of methoxy groups -OCH3 is 3. The fourth-order valence-electron chi connectivity index (χ4n) is 12.3. The number of allylic oxidation sites excluding steroid dienone is 3. The lowest BCUT2D eigenvalue weighted by Gasteiger charge is -2.39. The van der Waals surface area contributed by atoms with Crippen molar-refractivity contribution in [3.05, 3.63) is 88.1 Å². The molecule has 2 N–H and O–H groups in total. The maximum atomic E-state index is 15.1. The Balaban J connectivity index is 1.15. The van der Waals surface area contributed by atoms with E-state index in [4.69, 9.17) is 38.4 Å². The summed E-state index contributed by atoms with van der Waals surface area (Å²) in [4.78, 5) is 74.0. The first-order valence-corrected chi connectivity index (χ1v) is 27.5. The summed E-state index contributed by atoms with van der Waals surface area (Å²) in [6.45, 7) is 21.7. The first-order valence-electron chi connectivity index (χ1n) is 27.5. The molecular formula is C60H79FN6O11. The van der Waals surface area contributed by atoms with Gasteiger partial charge < -0.3 is 53.5 Å². The molecule has 2 fully saturated rings. The summed E-state index contributed by atoms with van der Waals surface area (Å²) >= 11 is 0. The van der Waals surface area contributed by atoms with Gasteiger partial charge in [0.05, 0.1) is 41.9 Å². The lowest BCUT2D eigenvalue weighted by Crippen LogP contribution is -2.46. The standard InChI is InChI=1S/C60H79FN6O11/c1-34(2)33-65-27-23-60(24-28-65)63-48-45-46-51(70)50(49(48)64-60)62-58(72)37(5)17-13-16-35(3)52(73-10)38(6)54(74-11)39(7)53(36(4)18-14-31-76-59(9)57(71)47(45)56(78-59)40(8)55(46)75-12)77-44(69)32-43(68)67-26-15-25-66(29-30-67)42-21-19-41(61)20-22-42/h13-14,16-17,19-22,31,34-36,38-39,52-54,70H,15,18,23-30,32-33H2,1-12H3,(H,62,72)/b16-13+,31-14+,37-17-/t35-,36+,38+,39-,52-,53+,54+,59-/m0/s1. The molecule has 18 heteroatoms. The average Bonchev–Trinajstić information content (AvgIpc) is 3.85. The van der Waals surface area contributed by atoms with Crippen molar-refractivity contribution >= 4 is 45.7 Å². The quantitative estimate of drug-likeness (QED) is 0.119. The summed E-state index contributed by atoms with van der Waals surface area (Å²) in [6.07, 6.45) is 8.57. The van der Waals surface area contributed by atoms with Gasteiger partial charge in [0, 0.05) is 120 Å². The number of benzene rings is 3. The van der Waals surface area contributed by atoms with Gasteiger partial charge in [-0.3, -0.25) is 29.2 Å². The van der Waals surface area contributed by atoms with Gasteiger partial charge in [-0.05, 0) is 68.9 Å². The molecule has 3 aromatic rings. The molecule has 2 saturated heterocycles. The molecule has 17 nitrogen and oxygen atoms in total. The van der Waals surface area contributed by atoms with Gasteiger partial charge in [0.25, 0.3) is 11.7 Å². The van der Waals surface area contributed by atoms with Crippen molar-refractivity contribution in [3.63, 3.8) is 0 Å². The van der Waals surface area contributed by atoms with Crippen molar-refractivity contribution in [2.45, 2.75) is 124 Å². The highest BCUT2D eigenvalue weighted by Crippen LogP contribution is 2.50. The summed E-state index contributed by atoms with van der Waals surface area (Å²) in [6, 6.07) is 6.28. The summed E-state index contributed by atoms with van der Waals surface area (Å²) < 4.78 is 51.3. The third-order valence-electron chi connectivity index (χ3n) is 16.4. The van der Waals surface area contributed by atoms with Gasteiger partial charge in [0.2, 0.25) is 5.91 Å². The van der Waals surface area contributed by atoms with Crippen LogP contribution in [0.15, 0.2) is 70.4 Å². The van der Waals surface area contributed by atoms with Gasteiger partial charge in [-0.25, -0.2) is 4.39 Å². The first-order chi connectivity index (χ1) is 37.1. The number of likely N-dealkylation sites (tertiary alicyclic amines) is 1. The topological polar surface area (TPSA) is 190 Å². The number of fused-ring (bicyclic) bond motifs is 1. The second-order valence-electron chi connectivity index (χ2n) is 22.5. The van der Waals surface area contributed by atoms with E-state index in [0.717, 1.165) is 25.3 Å². The van der Waals surface area contributed by atoms with Crippen LogP contribution in [0.25, 0.3) is 10.8 Å². The number of amides is 2. The Bertz CT molecular complexity index is 2990. The molecule has 422 valence electrons. The van der Waals surface area contributed by atoms with Crippen molar-refractivity contribution in [3.8, 4) is 17.2 Å². The molecule has 0 radical (unpaired) electrons. The van der Waals surface area contributed by atoms with Crippen molar-refractivity contribution in [1.82, 2.24) is 9.80 Å². The molecule has 1 spiro atoms. The Morgan fingerprint density at radius 3 is 2.24 bits per heavy atom. The van der Waals surface area contributed by atoms with E-state index in [0.29, 0.717) is 74.3 Å². The summed E-state index contributed by atoms with van der Waals surface area (Å²) in [5, 5.41) is 16.5. The molecule has 8 atom stereocenters. The molecule has 78 heavy (non-hydrogen) atoms. The molecule has 0 saturated carbocycles. The number of Topliss-reactive ketones (excluding diaryl/α,β-unsaturated/α-hetero) is 1. The Kier molecular flexibility index (Phi) is 17.7. The van der Waals surface area contributed by atoms with E-state index in [1.807, 2.05) is 33.8 Å². The summed E-state index contributed by atoms with van der Waals surface area (Å²) in [7, 11) is 4.71. The summed E-state index contributed by atoms with van der Waals surface area (Å²) in [5.41, 5.74) is 0.903. The average molecular weight is 1080 g/mol. The number of hydrogen-bond donors (Lipinski definition) is 2. The largest absolute Gasteiger partial charge is 0.505 e. The number of carbonyl (C=O) groups is 4. The van der Waals surface area contributed by atoms with Crippen LogP contribution >= 0.6 is 0 Å². The number of piperidine rings is 1. The van der Waals surface area contributed by atoms with E-state index >= 15 is 4.79 Å². The molecule has 2 amide bonds. The van der Waals surface area contributed by atoms with Crippen molar-refractivity contribution < 1.29 is 57.1 Å². The third kappa shape index (κ3) is 11.7. The number of phenolic OH excluding ortho intramolecular Hbond substituents is 1. The number of nitrogens with one attached hydrogen (secondary N) is 1. The molecule has 5 aliphatic rings. The second kappa shape index (κ2) is 23.9. The maximum absolute atomic E-state index is 15.1. The second-order valence-corrected chi connectivity index (χ2v) is 22.5. The number of ether oxygens (including phenoxy) is 6. The normalized spacial score (nSPS) is 28.4. The van der Waals surface area contributed by atoms with E-state index in [2.05, 4.69) is 29.0 Å². The van der Waals surface area contributed by atoms with Crippen molar-refractivity contribution in [2.24, 2.45) is 39.6 Å². The summed E-state index contributed by atoms with van der Waals surface area (Å²) in [5.74, 6) is -4.94. The predicted molar refractivity (Wildman–Crippen MR) is 295 cm³/mol. The molecular weight excluding hydrogens is 1000 g/mol. The zero-order valence-electron chi connectivity index (χ0n) is 47.4. The van der Waals surface area contributed by atoms with Gasteiger partial charge >= 0.3 is 11.8 Å². The van der Waals surface area contributed by atoms with Crippen LogP contribution in [0.4, 0.5) is 15.8 Å². The van der Waals surface area contributed by atoms with Crippen LogP contribution in [0.1, 0.15) is 103 Å². The highest BCUT2D eigenvalue weighted by atomic mass is 19.1. The van der Waals surface area contributed by atoms with Crippen LogP contribution in [0, 0.1) is 42.3 Å². The van der Waals surface area contributed by atoms with Crippen LogP contribution in [0.3, 0.4) is 0 Å².